The molecule has 4 rings (SSSR count). The third-order valence-electron chi connectivity index (χ3n) is 4.10. The quantitative estimate of drug-likeness (QED) is 0.349. The van der Waals surface area contributed by atoms with Gasteiger partial charge in [-0.1, -0.05) is 28.4 Å². The number of pyridine rings is 1. The van der Waals surface area contributed by atoms with Crippen LogP contribution in [0.1, 0.15) is 12.0 Å². The second kappa shape index (κ2) is 7.88. The molecule has 0 amide bonds. The Morgan fingerprint density at radius 2 is 2.00 bits per heavy atom. The zero-order valence-electron chi connectivity index (χ0n) is 14.4. The number of nitrogens with zero attached hydrogens (tertiary/aromatic N) is 4. The van der Waals surface area contributed by atoms with Crippen molar-refractivity contribution in [1.29, 1.82) is 0 Å². The van der Waals surface area contributed by atoms with Crippen LogP contribution in [-0.4, -0.2) is 30.6 Å². The molecule has 0 spiro atoms. The fourth-order valence-corrected chi connectivity index (χ4v) is 4.07. The fraction of sp³-hybridized carbons (Fsp3) is 0.111. The Morgan fingerprint density at radius 1 is 1.21 bits per heavy atom. The molecular weight excluding hydrogens is 537 g/mol. The highest BCUT2D eigenvalue weighted by Crippen LogP contribution is 2.31. The van der Waals surface area contributed by atoms with Gasteiger partial charge in [-0.05, 0) is 52.8 Å². The number of hydrogen-bond acceptors (Lipinski definition) is 5. The maximum atomic E-state index is 14.3. The van der Waals surface area contributed by atoms with Crippen LogP contribution < -0.4 is 0 Å². The molecule has 0 aliphatic carbocycles. The van der Waals surface area contributed by atoms with E-state index < -0.39 is 11.8 Å². The van der Waals surface area contributed by atoms with Crippen LogP contribution in [0.15, 0.2) is 35.1 Å². The molecule has 0 radical (unpaired) electrons. The maximum Gasteiger partial charge on any atom is 0.303 e. The van der Waals surface area contributed by atoms with E-state index in [9.17, 15) is 9.18 Å². The van der Waals surface area contributed by atoms with E-state index in [1.54, 1.807) is 16.7 Å². The molecule has 3 heterocycles. The van der Waals surface area contributed by atoms with Gasteiger partial charge in [0.2, 0.25) is 5.82 Å². The standard InChI is InChI=1S/C18H10Cl2FIN4O3/c19-11-3-8(1-2-15(27)28)13(21)5-10(11)18-24-16(25-29-18)14-7-26-6-9(22)4-12(20)17(26)23-14/h3-7H,1-2H2,(H,27,28). The first-order valence-corrected chi connectivity index (χ1v) is 10.0. The van der Waals surface area contributed by atoms with Gasteiger partial charge in [0, 0.05) is 22.4 Å². The fourth-order valence-electron chi connectivity index (χ4n) is 2.75. The van der Waals surface area contributed by atoms with E-state index in [0.717, 1.165) is 9.64 Å². The third-order valence-corrected chi connectivity index (χ3v) is 5.28. The summed E-state index contributed by atoms with van der Waals surface area (Å²) in [5.41, 5.74) is 1.38. The number of rotatable bonds is 5. The Balaban J connectivity index is 1.68. The lowest BCUT2D eigenvalue weighted by atomic mass is 10.1. The Morgan fingerprint density at radius 3 is 2.76 bits per heavy atom. The Kier molecular flexibility index (Phi) is 5.45. The van der Waals surface area contributed by atoms with E-state index >= 15 is 0 Å². The third kappa shape index (κ3) is 4.07. The topological polar surface area (TPSA) is 93.5 Å². The Bertz CT molecular complexity index is 1260. The van der Waals surface area contributed by atoms with Crippen molar-refractivity contribution in [2.75, 3.05) is 0 Å². The molecule has 1 N–H and O–H groups in total. The minimum absolute atomic E-state index is 0.0198. The molecule has 0 aliphatic rings. The van der Waals surface area contributed by atoms with Gasteiger partial charge >= 0.3 is 5.97 Å². The highest BCUT2D eigenvalue weighted by atomic mass is 127. The lowest BCUT2D eigenvalue weighted by Crippen LogP contribution is -2.00. The van der Waals surface area contributed by atoms with Crippen LogP contribution in [0.25, 0.3) is 28.6 Å². The van der Waals surface area contributed by atoms with Crippen LogP contribution in [0.5, 0.6) is 0 Å². The number of carbonyl (C=O) groups is 1. The van der Waals surface area contributed by atoms with Gasteiger partial charge in [0.05, 0.1) is 15.6 Å². The first-order chi connectivity index (χ1) is 13.8. The number of halogens is 4. The van der Waals surface area contributed by atoms with E-state index in [1.165, 1.54) is 6.07 Å². The second-order valence-corrected chi connectivity index (χ2v) is 8.16. The molecule has 148 valence electrons. The monoisotopic (exact) mass is 546 g/mol. The van der Waals surface area contributed by atoms with E-state index in [2.05, 4.69) is 37.7 Å². The molecule has 0 aliphatic heterocycles. The molecule has 0 atom stereocenters. The molecule has 0 unspecified atom stereocenters. The average molecular weight is 547 g/mol. The number of aromatic nitrogens is 4. The van der Waals surface area contributed by atoms with Crippen LogP contribution in [0, 0.1) is 9.39 Å². The molecule has 7 nitrogen and oxygen atoms in total. The van der Waals surface area contributed by atoms with E-state index in [1.807, 2.05) is 6.20 Å². The number of aliphatic carboxylic acids is 1. The van der Waals surface area contributed by atoms with Crippen LogP contribution in [0.4, 0.5) is 4.39 Å². The van der Waals surface area contributed by atoms with Crippen molar-refractivity contribution < 1.29 is 18.8 Å². The summed E-state index contributed by atoms with van der Waals surface area (Å²) < 4.78 is 22.3. The van der Waals surface area contributed by atoms with E-state index in [4.69, 9.17) is 32.8 Å². The Labute approximate surface area is 186 Å². The molecule has 4 aromatic rings. The zero-order valence-corrected chi connectivity index (χ0v) is 18.0. The van der Waals surface area contributed by atoms with Gasteiger partial charge in [-0.3, -0.25) is 4.79 Å². The molecule has 0 bridgehead atoms. The number of carboxylic acids is 1. The number of fused-ring (bicyclic) bond motifs is 1. The van der Waals surface area contributed by atoms with Gasteiger partial charge in [-0.15, -0.1) is 0 Å². The summed E-state index contributed by atoms with van der Waals surface area (Å²) in [5, 5.41) is 13.3. The second-order valence-electron chi connectivity index (χ2n) is 6.10. The van der Waals surface area contributed by atoms with Crippen LogP contribution in [0.3, 0.4) is 0 Å². The molecule has 1 aromatic carbocycles. The zero-order chi connectivity index (χ0) is 20.7. The highest BCUT2D eigenvalue weighted by Gasteiger charge is 2.19. The van der Waals surface area contributed by atoms with Crippen molar-refractivity contribution in [3.63, 3.8) is 0 Å². The van der Waals surface area contributed by atoms with E-state index in [-0.39, 0.29) is 40.7 Å². The lowest BCUT2D eigenvalue weighted by molar-refractivity contribution is -0.136. The first kappa shape index (κ1) is 20.0. The first-order valence-electron chi connectivity index (χ1n) is 8.19. The summed E-state index contributed by atoms with van der Waals surface area (Å²) in [6.45, 7) is 0. The summed E-state index contributed by atoms with van der Waals surface area (Å²) in [4.78, 5) is 19.4. The van der Waals surface area contributed by atoms with E-state index in [0.29, 0.717) is 16.4 Å². The van der Waals surface area contributed by atoms with Crippen LogP contribution >= 0.6 is 45.8 Å². The molecule has 0 fully saturated rings. The molecule has 11 heteroatoms. The van der Waals surface area contributed by atoms with Gasteiger partial charge in [-0.25, -0.2) is 9.37 Å². The number of aryl methyl sites for hydroxylation is 1. The van der Waals surface area contributed by atoms with Crippen molar-refractivity contribution >= 4 is 57.4 Å². The Hall–Kier alpha value is -2.24. The van der Waals surface area contributed by atoms with Crippen LogP contribution in [0.2, 0.25) is 10.0 Å². The number of imidazole rings is 1. The van der Waals surface area contributed by atoms with Gasteiger partial charge in [0.15, 0.2) is 5.65 Å². The lowest BCUT2D eigenvalue weighted by Gasteiger charge is -2.05. The van der Waals surface area contributed by atoms with Crippen molar-refractivity contribution in [2.24, 2.45) is 0 Å². The minimum Gasteiger partial charge on any atom is -0.481 e. The van der Waals surface area contributed by atoms with Crippen molar-refractivity contribution in [2.45, 2.75) is 12.8 Å². The molecule has 0 saturated carbocycles. The smallest absolute Gasteiger partial charge is 0.303 e. The van der Waals surface area contributed by atoms with Crippen molar-refractivity contribution in [1.82, 2.24) is 19.5 Å². The largest absolute Gasteiger partial charge is 0.481 e. The van der Waals surface area contributed by atoms with Crippen molar-refractivity contribution in [3.8, 4) is 23.0 Å². The number of benzene rings is 1. The number of hydrogen-bond donors (Lipinski definition) is 1. The van der Waals surface area contributed by atoms with Gasteiger partial charge < -0.3 is 14.0 Å². The molecular formula is C18H10Cl2FIN4O3. The summed E-state index contributed by atoms with van der Waals surface area (Å²) in [7, 11) is 0. The van der Waals surface area contributed by atoms with Gasteiger partial charge in [0.25, 0.3) is 5.89 Å². The van der Waals surface area contributed by atoms with Gasteiger partial charge in [-0.2, -0.15) is 4.98 Å². The molecule has 29 heavy (non-hydrogen) atoms. The molecule has 0 saturated heterocycles. The SMILES string of the molecule is O=C(O)CCc1cc(Cl)c(-c2nc(-c3cn4cc(I)cc(Cl)c4n3)no2)cc1F. The van der Waals surface area contributed by atoms with Gasteiger partial charge in [0.1, 0.15) is 11.5 Å². The van der Waals surface area contributed by atoms with Crippen molar-refractivity contribution in [3.05, 3.63) is 55.6 Å². The number of carboxylic acid groups (broad SMARTS) is 1. The summed E-state index contributed by atoms with van der Waals surface area (Å²) in [6, 6.07) is 4.30. The summed E-state index contributed by atoms with van der Waals surface area (Å²) in [5.74, 6) is -1.40. The predicted molar refractivity (Wildman–Crippen MR) is 113 cm³/mol. The minimum atomic E-state index is -1.02. The normalized spacial score (nSPS) is 11.3. The summed E-state index contributed by atoms with van der Waals surface area (Å²) in [6.07, 6.45) is 3.38. The predicted octanol–water partition coefficient (Wildman–Crippen LogP) is 5.12. The summed E-state index contributed by atoms with van der Waals surface area (Å²) >= 11 is 14.6. The maximum absolute atomic E-state index is 14.3. The average Bonchev–Trinajstić information content (AvgIpc) is 3.28. The highest BCUT2D eigenvalue weighted by molar-refractivity contribution is 14.1. The van der Waals surface area contributed by atoms with Crippen LogP contribution in [-0.2, 0) is 11.2 Å². The molecule has 3 aromatic heterocycles.